The van der Waals surface area contributed by atoms with Gasteiger partial charge in [-0.2, -0.15) is 13.2 Å². The van der Waals surface area contributed by atoms with Crippen LogP contribution in [-0.2, 0) is 22.9 Å². The molecule has 0 amide bonds. The number of aromatic hydroxyl groups is 1. The summed E-state index contributed by atoms with van der Waals surface area (Å²) >= 11 is 0. The Morgan fingerprint density at radius 3 is 2.62 bits per heavy atom. The molecule has 1 aromatic carbocycles. The van der Waals surface area contributed by atoms with Gasteiger partial charge in [-0.25, -0.2) is 4.98 Å². The molecule has 0 saturated heterocycles. The van der Waals surface area contributed by atoms with Gasteiger partial charge >= 0.3 is 6.18 Å². The lowest BCUT2D eigenvalue weighted by Gasteiger charge is -2.35. The van der Waals surface area contributed by atoms with Crippen LogP contribution in [0.5, 0.6) is 11.6 Å². The van der Waals surface area contributed by atoms with Gasteiger partial charge in [-0.05, 0) is 23.8 Å². The third-order valence-electron chi connectivity index (χ3n) is 5.73. The predicted octanol–water partition coefficient (Wildman–Crippen LogP) is 3.27. The molecule has 168 valence electrons. The summed E-state index contributed by atoms with van der Waals surface area (Å²) in [6.45, 7) is -0.738. The third kappa shape index (κ3) is 3.27. The van der Waals surface area contributed by atoms with Crippen molar-refractivity contribution in [1.82, 2.24) is 4.98 Å². The molecule has 0 radical (unpaired) electrons. The first kappa shape index (κ1) is 21.7. The number of aldehydes is 1. The lowest BCUT2D eigenvalue weighted by molar-refractivity contribution is -0.153. The van der Waals surface area contributed by atoms with E-state index in [1.165, 1.54) is 19.2 Å². The van der Waals surface area contributed by atoms with E-state index in [0.29, 0.717) is 17.5 Å². The first-order chi connectivity index (χ1) is 15.3. The summed E-state index contributed by atoms with van der Waals surface area (Å²) in [6.07, 6.45) is -2.89. The number of ether oxygens (including phenoxy) is 1. The SMILES string of the molecule is COc1cc(C2(CO)c3ccccc3N(Cc3ccc(C(F)(F)F)o3)C2C=O)c(O)cn1. The van der Waals surface area contributed by atoms with Crippen LogP contribution in [0.1, 0.15) is 22.6 Å². The highest BCUT2D eigenvalue weighted by atomic mass is 19.4. The number of para-hydroxylation sites is 1. The molecule has 0 spiro atoms. The summed E-state index contributed by atoms with van der Waals surface area (Å²) < 4.78 is 49.0. The van der Waals surface area contributed by atoms with Gasteiger partial charge in [0.15, 0.2) is 0 Å². The van der Waals surface area contributed by atoms with Crippen LogP contribution in [-0.4, -0.2) is 41.2 Å². The molecule has 2 unspecified atom stereocenters. The lowest BCUT2D eigenvalue weighted by Crippen LogP contribution is -2.49. The minimum atomic E-state index is -4.64. The Hall–Kier alpha value is -3.53. The number of fused-ring (bicyclic) bond motifs is 1. The topological polar surface area (TPSA) is 96.0 Å². The number of rotatable bonds is 6. The van der Waals surface area contributed by atoms with Crippen molar-refractivity contribution in [3.05, 3.63) is 71.3 Å². The van der Waals surface area contributed by atoms with E-state index < -0.39 is 30.0 Å². The predicted molar refractivity (Wildman–Crippen MR) is 107 cm³/mol. The maximum absolute atomic E-state index is 13.0. The van der Waals surface area contributed by atoms with Crippen LogP contribution in [0.25, 0.3) is 0 Å². The zero-order valence-corrected chi connectivity index (χ0v) is 16.8. The minimum absolute atomic E-state index is 0.00995. The number of aromatic nitrogens is 1. The number of hydrogen-bond donors (Lipinski definition) is 2. The molecule has 10 heteroatoms. The lowest BCUT2D eigenvalue weighted by atomic mass is 9.72. The number of nitrogens with zero attached hydrogens (tertiary/aromatic N) is 2. The van der Waals surface area contributed by atoms with Gasteiger partial charge in [-0.3, -0.25) is 0 Å². The highest BCUT2D eigenvalue weighted by molar-refractivity contribution is 5.81. The Morgan fingerprint density at radius 2 is 2.00 bits per heavy atom. The van der Waals surface area contributed by atoms with Crippen LogP contribution in [0, 0.1) is 0 Å². The quantitative estimate of drug-likeness (QED) is 0.559. The molecule has 2 N–H and O–H groups in total. The monoisotopic (exact) mass is 448 g/mol. The van der Waals surface area contributed by atoms with Gasteiger partial charge in [-0.15, -0.1) is 0 Å². The van der Waals surface area contributed by atoms with Crippen LogP contribution in [0.4, 0.5) is 18.9 Å². The summed E-state index contributed by atoms with van der Waals surface area (Å²) in [5, 5.41) is 21.2. The first-order valence-corrected chi connectivity index (χ1v) is 9.58. The standard InChI is InChI=1S/C22H19F3N2O5/c1-31-20-8-15(17(30)9-26-20)21(12-29)14-4-2-3-5-16(14)27(18(21)11-28)10-13-6-7-19(32-13)22(23,24)25/h2-9,11,18,29-30H,10,12H2,1H3. The summed E-state index contributed by atoms with van der Waals surface area (Å²) in [4.78, 5) is 17.8. The zero-order chi connectivity index (χ0) is 23.1. The average Bonchev–Trinajstić information content (AvgIpc) is 3.36. The number of carbonyl (C=O) groups is 1. The number of pyridine rings is 1. The van der Waals surface area contributed by atoms with Crippen LogP contribution < -0.4 is 9.64 Å². The summed E-state index contributed by atoms with van der Waals surface area (Å²) in [5.41, 5.74) is -0.183. The summed E-state index contributed by atoms with van der Waals surface area (Å²) in [7, 11) is 1.38. The highest BCUT2D eigenvalue weighted by Crippen LogP contribution is 2.51. The third-order valence-corrected chi connectivity index (χ3v) is 5.73. The van der Waals surface area contributed by atoms with Crippen LogP contribution in [0.3, 0.4) is 0 Å². The largest absolute Gasteiger partial charge is 0.506 e. The minimum Gasteiger partial charge on any atom is -0.506 e. The van der Waals surface area contributed by atoms with Gasteiger partial charge in [0.05, 0.1) is 31.9 Å². The van der Waals surface area contributed by atoms with E-state index in [1.54, 1.807) is 29.2 Å². The number of furan rings is 1. The van der Waals surface area contributed by atoms with Crippen molar-refractivity contribution >= 4 is 12.0 Å². The van der Waals surface area contributed by atoms with Gasteiger partial charge in [0.25, 0.3) is 0 Å². The molecule has 3 heterocycles. The van der Waals surface area contributed by atoms with E-state index in [9.17, 15) is 28.2 Å². The Labute approximate surface area is 180 Å². The number of benzene rings is 1. The Kier molecular flexibility index (Phi) is 5.33. The van der Waals surface area contributed by atoms with Crippen molar-refractivity contribution in [3.63, 3.8) is 0 Å². The first-order valence-electron chi connectivity index (χ1n) is 9.58. The Balaban J connectivity index is 1.86. The fourth-order valence-electron chi connectivity index (χ4n) is 4.30. The van der Waals surface area contributed by atoms with Gasteiger partial charge < -0.3 is 29.1 Å². The molecule has 2 atom stereocenters. The molecule has 0 bridgehead atoms. The molecule has 0 fully saturated rings. The number of carbonyl (C=O) groups excluding carboxylic acids is 1. The molecule has 1 aliphatic rings. The molecular formula is C22H19F3N2O5. The van der Waals surface area contributed by atoms with Gasteiger partial charge in [0.1, 0.15) is 23.8 Å². The zero-order valence-electron chi connectivity index (χ0n) is 16.8. The highest BCUT2D eigenvalue weighted by Gasteiger charge is 2.53. The Morgan fingerprint density at radius 1 is 1.25 bits per heavy atom. The van der Waals surface area contributed by atoms with E-state index >= 15 is 0 Å². The number of alkyl halides is 3. The summed E-state index contributed by atoms with van der Waals surface area (Å²) in [6, 6.07) is 9.17. The second-order valence-corrected chi connectivity index (χ2v) is 7.36. The van der Waals surface area contributed by atoms with Gasteiger partial charge in [0.2, 0.25) is 11.6 Å². The smallest absolute Gasteiger partial charge is 0.449 e. The van der Waals surface area contributed by atoms with Crippen molar-refractivity contribution in [3.8, 4) is 11.6 Å². The average molecular weight is 448 g/mol. The van der Waals surface area contributed by atoms with E-state index in [4.69, 9.17) is 9.15 Å². The second-order valence-electron chi connectivity index (χ2n) is 7.36. The molecule has 7 nitrogen and oxygen atoms in total. The number of aliphatic hydroxyl groups is 1. The van der Waals surface area contributed by atoms with Crippen LogP contribution >= 0.6 is 0 Å². The number of hydrogen-bond acceptors (Lipinski definition) is 7. The van der Waals surface area contributed by atoms with E-state index in [0.717, 1.165) is 12.3 Å². The fourth-order valence-corrected chi connectivity index (χ4v) is 4.30. The van der Waals surface area contributed by atoms with Crippen molar-refractivity contribution in [2.45, 2.75) is 24.2 Å². The molecule has 4 rings (SSSR count). The van der Waals surface area contributed by atoms with E-state index in [2.05, 4.69) is 4.98 Å². The van der Waals surface area contributed by atoms with Crippen LogP contribution in [0.2, 0.25) is 0 Å². The van der Waals surface area contributed by atoms with Crippen molar-refractivity contribution in [2.75, 3.05) is 18.6 Å². The number of anilines is 1. The molecule has 0 saturated carbocycles. The normalized spacial score (nSPS) is 20.3. The molecule has 1 aliphatic heterocycles. The van der Waals surface area contributed by atoms with Crippen molar-refractivity contribution in [2.24, 2.45) is 0 Å². The Bertz CT molecular complexity index is 1150. The van der Waals surface area contributed by atoms with Crippen molar-refractivity contribution in [1.29, 1.82) is 0 Å². The van der Waals surface area contributed by atoms with Gasteiger partial charge in [0, 0.05) is 17.3 Å². The number of aliphatic hydroxyl groups excluding tert-OH is 1. The van der Waals surface area contributed by atoms with Crippen molar-refractivity contribution < 1.29 is 37.3 Å². The molecule has 2 aromatic heterocycles. The molecule has 0 aliphatic carbocycles. The van der Waals surface area contributed by atoms with Crippen LogP contribution in [0.15, 0.2) is 53.1 Å². The fraction of sp³-hybridized carbons (Fsp3) is 0.273. The van der Waals surface area contributed by atoms with E-state index in [-0.39, 0.29) is 29.5 Å². The molecular weight excluding hydrogens is 429 g/mol. The maximum atomic E-state index is 13.0. The maximum Gasteiger partial charge on any atom is 0.449 e. The van der Waals surface area contributed by atoms with Gasteiger partial charge in [-0.1, -0.05) is 18.2 Å². The number of methoxy groups -OCH3 is 1. The molecule has 3 aromatic rings. The van der Waals surface area contributed by atoms with E-state index in [1.807, 2.05) is 0 Å². The number of halogens is 3. The summed E-state index contributed by atoms with van der Waals surface area (Å²) in [5.74, 6) is -1.26. The second kappa shape index (κ2) is 7.86. The molecule has 32 heavy (non-hydrogen) atoms.